The first-order chi connectivity index (χ1) is 27.7. The molecule has 10 aromatic rings. The van der Waals surface area contributed by atoms with Gasteiger partial charge in [0, 0.05) is 6.20 Å². The molecule has 0 spiro atoms. The number of aromatic nitrogens is 2. The number of hydrogen-bond acceptors (Lipinski definition) is 3. The minimum Gasteiger partial charge on any atom is -0.361 e. The molecule has 2 aromatic heterocycles. The van der Waals surface area contributed by atoms with Gasteiger partial charge in [-0.25, -0.2) is 4.98 Å². The van der Waals surface area contributed by atoms with Gasteiger partial charge in [-0.2, -0.15) is 5.26 Å². The first-order valence-corrected chi connectivity index (χ1v) is 18.5. The van der Waals surface area contributed by atoms with E-state index >= 15 is 0 Å². The van der Waals surface area contributed by atoms with Gasteiger partial charge in [0.15, 0.2) is 0 Å². The first kappa shape index (κ1) is 32.7. The number of hydrogen-bond donors (Lipinski definition) is 0. The molecule has 2 heterocycles. The molecule has 0 aliphatic carbocycles. The Morgan fingerprint density at radius 1 is 0.375 bits per heavy atom. The van der Waals surface area contributed by atoms with Crippen LogP contribution < -0.4 is 0 Å². The van der Waals surface area contributed by atoms with Crippen LogP contribution in [-0.2, 0) is 0 Å². The van der Waals surface area contributed by atoms with E-state index in [1.165, 1.54) is 65.3 Å². The van der Waals surface area contributed by atoms with E-state index in [9.17, 15) is 5.26 Å². The Kier molecular flexibility index (Phi) is 7.88. The normalized spacial score (nSPS) is 11.2. The average molecular weight is 711 g/mol. The summed E-state index contributed by atoms with van der Waals surface area (Å²) in [5, 5.41) is 19.0. The van der Waals surface area contributed by atoms with Gasteiger partial charge in [0.2, 0.25) is 0 Å². The monoisotopic (exact) mass is 710 g/mol. The summed E-state index contributed by atoms with van der Waals surface area (Å²) in [5.41, 5.74) is 11.5. The van der Waals surface area contributed by atoms with Gasteiger partial charge < -0.3 is 4.85 Å². The fourth-order valence-corrected chi connectivity index (χ4v) is 8.41. The summed E-state index contributed by atoms with van der Waals surface area (Å²) in [6.07, 6.45) is 3.39. The first-order valence-electron chi connectivity index (χ1n) is 18.5. The summed E-state index contributed by atoms with van der Waals surface area (Å²) in [6.45, 7) is 7.42. The third kappa shape index (κ3) is 5.37. The maximum absolute atomic E-state index is 9.43. The van der Waals surface area contributed by atoms with E-state index in [1.54, 1.807) is 12.4 Å². The number of fused-ring (bicyclic) bond motifs is 4. The van der Waals surface area contributed by atoms with E-state index in [4.69, 9.17) is 6.57 Å². The van der Waals surface area contributed by atoms with E-state index in [-0.39, 0.29) is 0 Å². The Morgan fingerprint density at radius 3 is 1.09 bits per heavy atom. The van der Waals surface area contributed by atoms with Gasteiger partial charge in [-0.15, -0.1) is 4.98 Å². The Balaban J connectivity index is 1.21. The van der Waals surface area contributed by atoms with Gasteiger partial charge in [-0.05, 0) is 123 Å². The summed E-state index contributed by atoms with van der Waals surface area (Å²) in [6, 6.07) is 62.3. The lowest BCUT2D eigenvalue weighted by Gasteiger charge is -2.22. The summed E-state index contributed by atoms with van der Waals surface area (Å²) in [5.74, 6) is 0.391. The smallest absolute Gasteiger partial charge is 0.270 e. The summed E-state index contributed by atoms with van der Waals surface area (Å²) in [4.78, 5) is 11.8. The number of nitrogens with zero attached hydrogens (tertiary/aromatic N) is 4. The van der Waals surface area contributed by atoms with Crippen molar-refractivity contribution >= 4 is 48.9 Å². The Hall–Kier alpha value is -7.92. The second-order valence-electron chi connectivity index (χ2n) is 13.9. The van der Waals surface area contributed by atoms with Crippen LogP contribution in [0.5, 0.6) is 0 Å². The molecule has 0 radical (unpaired) electrons. The van der Waals surface area contributed by atoms with Gasteiger partial charge in [-0.3, -0.25) is 0 Å². The molecule has 0 aliphatic heterocycles. The quantitative estimate of drug-likeness (QED) is 0.132. The van der Waals surface area contributed by atoms with Crippen molar-refractivity contribution in [2.24, 2.45) is 0 Å². The van der Waals surface area contributed by atoms with Crippen LogP contribution in [0.3, 0.4) is 0 Å². The van der Waals surface area contributed by atoms with Crippen LogP contribution in [0.25, 0.3) is 104 Å². The van der Waals surface area contributed by atoms with Crippen molar-refractivity contribution in [1.82, 2.24) is 9.97 Å². The number of rotatable bonds is 5. The van der Waals surface area contributed by atoms with E-state index in [2.05, 4.69) is 166 Å². The summed E-state index contributed by atoms with van der Waals surface area (Å²) in [7, 11) is 0. The molecule has 0 bridgehead atoms. The van der Waals surface area contributed by atoms with E-state index in [0.717, 1.165) is 33.4 Å². The topological polar surface area (TPSA) is 53.9 Å². The fraction of sp³-hybridized carbons (Fsp3) is 0. The van der Waals surface area contributed by atoms with Crippen molar-refractivity contribution in [1.29, 1.82) is 5.26 Å². The van der Waals surface area contributed by atoms with Gasteiger partial charge in [-0.1, -0.05) is 152 Å². The van der Waals surface area contributed by atoms with Crippen molar-refractivity contribution in [3.05, 3.63) is 199 Å². The number of nitriles is 1. The largest absolute Gasteiger partial charge is 0.361 e. The Labute approximate surface area is 324 Å². The molecular formula is C52H30N4. The van der Waals surface area contributed by atoms with Crippen molar-refractivity contribution < 1.29 is 0 Å². The Morgan fingerprint density at radius 2 is 0.714 bits per heavy atom. The highest BCUT2D eigenvalue weighted by Gasteiger charge is 2.22. The molecule has 0 aliphatic rings. The fourth-order valence-electron chi connectivity index (χ4n) is 8.41. The molecule has 0 atom stereocenters. The highest BCUT2D eigenvalue weighted by atomic mass is 14.8. The molecule has 0 N–H and O–H groups in total. The van der Waals surface area contributed by atoms with Crippen molar-refractivity contribution in [3.63, 3.8) is 0 Å². The van der Waals surface area contributed by atoms with E-state index in [0.29, 0.717) is 11.5 Å². The molecule has 0 saturated heterocycles. The molecule has 56 heavy (non-hydrogen) atoms. The van der Waals surface area contributed by atoms with Crippen LogP contribution in [0.2, 0.25) is 0 Å². The lowest BCUT2D eigenvalue weighted by atomic mass is 9.81. The summed E-state index contributed by atoms with van der Waals surface area (Å²) < 4.78 is 0. The summed E-state index contributed by atoms with van der Waals surface area (Å²) >= 11 is 0. The second kappa shape index (κ2) is 13.5. The van der Waals surface area contributed by atoms with Crippen LogP contribution in [0.15, 0.2) is 182 Å². The maximum atomic E-state index is 9.43. The molecule has 0 unspecified atom stereocenters. The van der Waals surface area contributed by atoms with E-state index < -0.39 is 0 Å². The molecule has 8 aromatic carbocycles. The molecular weight excluding hydrogens is 681 g/mol. The predicted octanol–water partition coefficient (Wildman–Crippen LogP) is 13.8. The molecule has 0 fully saturated rings. The molecule has 4 nitrogen and oxygen atoms in total. The van der Waals surface area contributed by atoms with Crippen LogP contribution in [-0.4, -0.2) is 9.97 Å². The van der Waals surface area contributed by atoms with E-state index in [1.807, 2.05) is 24.3 Å². The second-order valence-corrected chi connectivity index (χ2v) is 13.9. The zero-order valence-corrected chi connectivity index (χ0v) is 30.1. The maximum Gasteiger partial charge on any atom is 0.270 e. The molecule has 10 rings (SSSR count). The minimum absolute atomic E-state index is 0.391. The van der Waals surface area contributed by atoms with Gasteiger partial charge in [0.1, 0.15) is 18.0 Å². The third-order valence-corrected chi connectivity index (χ3v) is 10.9. The third-order valence-electron chi connectivity index (χ3n) is 10.9. The molecule has 4 heteroatoms. The SMILES string of the molecule is [C-]#[N+]c1cc(-c2ccc(-c3c4ccccc4c(-c4c5ccccc5c(-c5ccc(-c6ccnc(C#N)c6)cc5)c5ccccc45)c4ccccc34)cc2)ccn1. The minimum atomic E-state index is 0.391. The highest BCUT2D eigenvalue weighted by Crippen LogP contribution is 2.50. The lowest BCUT2D eigenvalue weighted by Crippen LogP contribution is -1.94. The standard InChI is InChI=1S/C52H30N4/c1-54-48-31-38(27-29-56-48)34-20-24-36(25-21-34)50-42-12-4-8-16-46(42)52(47-17-9-5-13-43(47)50)51-44-14-6-2-10-40(44)49(41-11-3-7-15-45(41)51)35-22-18-33(19-23-35)37-26-28-55-39(30-37)32-53/h2-31H. The average Bonchev–Trinajstić information content (AvgIpc) is 3.28. The van der Waals surface area contributed by atoms with Crippen LogP contribution in [0, 0.1) is 17.9 Å². The molecule has 258 valence electrons. The Bertz CT molecular complexity index is 2920. The van der Waals surface area contributed by atoms with Gasteiger partial charge >= 0.3 is 0 Å². The highest BCUT2D eigenvalue weighted by molar-refractivity contribution is 6.30. The van der Waals surface area contributed by atoms with Gasteiger partial charge in [0.25, 0.3) is 5.82 Å². The lowest BCUT2D eigenvalue weighted by molar-refractivity contribution is 1.26. The van der Waals surface area contributed by atoms with Crippen molar-refractivity contribution in [2.75, 3.05) is 0 Å². The molecule has 0 saturated carbocycles. The van der Waals surface area contributed by atoms with Crippen LogP contribution in [0.4, 0.5) is 5.82 Å². The van der Waals surface area contributed by atoms with Crippen molar-refractivity contribution in [2.45, 2.75) is 0 Å². The zero-order valence-electron chi connectivity index (χ0n) is 30.1. The van der Waals surface area contributed by atoms with Crippen LogP contribution in [0.1, 0.15) is 5.69 Å². The van der Waals surface area contributed by atoms with Gasteiger partial charge in [0.05, 0.1) is 0 Å². The number of benzene rings is 8. The molecule has 0 amide bonds. The van der Waals surface area contributed by atoms with Crippen molar-refractivity contribution in [3.8, 4) is 61.7 Å². The predicted molar refractivity (Wildman–Crippen MR) is 230 cm³/mol. The van der Waals surface area contributed by atoms with Crippen LogP contribution >= 0.6 is 0 Å². The zero-order chi connectivity index (χ0) is 37.6. The number of pyridine rings is 2.